The van der Waals surface area contributed by atoms with E-state index in [4.69, 9.17) is 5.73 Å². The quantitative estimate of drug-likeness (QED) is 0.854. The number of likely N-dealkylation sites (N-methyl/N-ethyl adjacent to an activating group) is 1. The molecule has 1 aliphatic heterocycles. The Hall–Kier alpha value is -1.14. The molecule has 0 aromatic carbocycles. The van der Waals surface area contributed by atoms with Crippen molar-refractivity contribution >= 4 is 17.3 Å². The number of thiazole rings is 1. The first kappa shape index (κ1) is 14.3. The fourth-order valence-electron chi connectivity index (χ4n) is 2.47. The lowest BCUT2D eigenvalue weighted by Crippen LogP contribution is -2.50. The molecule has 5 nitrogen and oxygen atoms in total. The number of guanidine groups is 1. The zero-order valence-electron chi connectivity index (χ0n) is 12.0. The Balaban J connectivity index is 2.09. The first-order chi connectivity index (χ1) is 9.11. The van der Waals surface area contributed by atoms with Crippen LogP contribution in [0.25, 0.3) is 0 Å². The third-order valence-corrected chi connectivity index (χ3v) is 4.87. The molecule has 0 spiro atoms. The summed E-state index contributed by atoms with van der Waals surface area (Å²) in [5.74, 6) is 0.643. The summed E-state index contributed by atoms with van der Waals surface area (Å²) < 4.78 is 0. The van der Waals surface area contributed by atoms with Crippen LogP contribution in [0.15, 0.2) is 16.6 Å². The van der Waals surface area contributed by atoms with Crippen LogP contribution in [0.3, 0.4) is 0 Å². The fraction of sp³-hybridized carbons (Fsp3) is 0.692. The molecule has 0 radical (unpaired) electrons. The summed E-state index contributed by atoms with van der Waals surface area (Å²) in [6, 6.07) is 0. The predicted molar refractivity (Wildman–Crippen MR) is 80.4 cm³/mol. The zero-order chi connectivity index (χ0) is 13.9. The predicted octanol–water partition coefficient (Wildman–Crippen LogP) is 1.33. The number of aliphatic imine (C=N–C) groups is 1. The van der Waals surface area contributed by atoms with Crippen LogP contribution in [-0.4, -0.2) is 53.5 Å². The number of hydrogen-bond donors (Lipinski definition) is 1. The van der Waals surface area contributed by atoms with Gasteiger partial charge in [0.25, 0.3) is 0 Å². The molecule has 2 rings (SSSR count). The van der Waals surface area contributed by atoms with Gasteiger partial charge in [-0.1, -0.05) is 13.8 Å². The van der Waals surface area contributed by atoms with E-state index in [9.17, 15) is 0 Å². The standard InChI is InChI=1S/C13H23N5S/c1-4-17(5-2)7-8-18-12(14)16-10-13(18,3)11-15-6-9-19-11/h6,9H,4-5,7-8,10H2,1-3H3,(H2,14,16). The molecule has 0 saturated carbocycles. The topological polar surface area (TPSA) is 57.8 Å². The Morgan fingerprint density at radius 2 is 2.21 bits per heavy atom. The normalized spacial score (nSPS) is 23.2. The molecule has 1 aromatic heterocycles. The number of aromatic nitrogens is 1. The van der Waals surface area contributed by atoms with Gasteiger partial charge >= 0.3 is 0 Å². The van der Waals surface area contributed by atoms with Crippen molar-refractivity contribution in [2.45, 2.75) is 26.3 Å². The summed E-state index contributed by atoms with van der Waals surface area (Å²) in [6.07, 6.45) is 1.85. The highest BCUT2D eigenvalue weighted by molar-refractivity contribution is 7.09. The summed E-state index contributed by atoms with van der Waals surface area (Å²) in [5, 5.41) is 3.11. The molecule has 0 saturated heterocycles. The lowest BCUT2D eigenvalue weighted by Gasteiger charge is -2.35. The molecule has 2 heterocycles. The minimum atomic E-state index is -0.175. The van der Waals surface area contributed by atoms with Crippen LogP contribution in [0.1, 0.15) is 25.8 Å². The van der Waals surface area contributed by atoms with Crippen molar-refractivity contribution in [3.05, 3.63) is 16.6 Å². The summed E-state index contributed by atoms with van der Waals surface area (Å²) >= 11 is 1.68. The van der Waals surface area contributed by atoms with Gasteiger partial charge in [-0.05, 0) is 20.0 Å². The summed E-state index contributed by atoms with van der Waals surface area (Å²) in [6.45, 7) is 11.3. The monoisotopic (exact) mass is 281 g/mol. The highest BCUT2D eigenvalue weighted by atomic mass is 32.1. The van der Waals surface area contributed by atoms with Crippen molar-refractivity contribution in [3.8, 4) is 0 Å². The van der Waals surface area contributed by atoms with Gasteiger partial charge in [-0.25, -0.2) is 4.98 Å². The van der Waals surface area contributed by atoms with Gasteiger partial charge < -0.3 is 15.5 Å². The molecule has 1 unspecified atom stereocenters. The third kappa shape index (κ3) is 2.74. The molecule has 106 valence electrons. The number of rotatable bonds is 6. The lowest BCUT2D eigenvalue weighted by molar-refractivity contribution is 0.188. The molecule has 2 N–H and O–H groups in total. The SMILES string of the molecule is CCN(CC)CCN1C(N)=NCC1(C)c1nccs1. The Kier molecular flexibility index (Phi) is 4.42. The molecule has 19 heavy (non-hydrogen) atoms. The lowest BCUT2D eigenvalue weighted by atomic mass is 10.0. The maximum absolute atomic E-state index is 6.06. The third-order valence-electron chi connectivity index (χ3n) is 3.85. The molecule has 1 aromatic rings. The molecule has 1 atom stereocenters. The van der Waals surface area contributed by atoms with Crippen LogP contribution in [0.2, 0.25) is 0 Å². The Morgan fingerprint density at radius 3 is 2.79 bits per heavy atom. The average Bonchev–Trinajstić information content (AvgIpc) is 3.03. The second kappa shape index (κ2) is 5.88. The van der Waals surface area contributed by atoms with E-state index in [1.54, 1.807) is 11.3 Å². The average molecular weight is 281 g/mol. The number of nitrogens with two attached hydrogens (primary N) is 1. The Bertz CT molecular complexity index is 426. The van der Waals surface area contributed by atoms with Gasteiger partial charge in [-0.15, -0.1) is 11.3 Å². The van der Waals surface area contributed by atoms with E-state index in [1.165, 1.54) is 0 Å². The van der Waals surface area contributed by atoms with Crippen LogP contribution in [0.5, 0.6) is 0 Å². The van der Waals surface area contributed by atoms with Crippen LogP contribution in [0, 0.1) is 0 Å². The Labute approximate surface area is 119 Å². The number of hydrogen-bond acceptors (Lipinski definition) is 6. The van der Waals surface area contributed by atoms with Gasteiger partial charge in [-0.3, -0.25) is 4.99 Å². The van der Waals surface area contributed by atoms with Crippen molar-refractivity contribution < 1.29 is 0 Å². The van der Waals surface area contributed by atoms with Crippen LogP contribution < -0.4 is 5.73 Å². The van der Waals surface area contributed by atoms with E-state index in [-0.39, 0.29) is 5.54 Å². The van der Waals surface area contributed by atoms with Crippen molar-refractivity contribution in [1.82, 2.24) is 14.8 Å². The molecule has 0 fully saturated rings. The van der Waals surface area contributed by atoms with Crippen LogP contribution in [0.4, 0.5) is 0 Å². The van der Waals surface area contributed by atoms with Crippen LogP contribution >= 0.6 is 11.3 Å². The largest absolute Gasteiger partial charge is 0.370 e. The van der Waals surface area contributed by atoms with Gasteiger partial charge in [0.05, 0.1) is 6.54 Å². The second-order valence-electron chi connectivity index (χ2n) is 4.96. The van der Waals surface area contributed by atoms with Crippen molar-refractivity contribution in [2.24, 2.45) is 10.7 Å². The van der Waals surface area contributed by atoms with Crippen molar-refractivity contribution in [2.75, 3.05) is 32.7 Å². The molecular weight excluding hydrogens is 258 g/mol. The van der Waals surface area contributed by atoms with E-state index >= 15 is 0 Å². The highest BCUT2D eigenvalue weighted by Gasteiger charge is 2.41. The molecule has 0 aliphatic carbocycles. The first-order valence-corrected chi connectivity index (χ1v) is 7.69. The molecular formula is C13H23N5S. The smallest absolute Gasteiger partial charge is 0.192 e. The Morgan fingerprint density at radius 1 is 1.47 bits per heavy atom. The zero-order valence-corrected chi connectivity index (χ0v) is 12.8. The van der Waals surface area contributed by atoms with Crippen LogP contribution in [-0.2, 0) is 5.54 Å². The van der Waals surface area contributed by atoms with Gasteiger partial charge in [0.15, 0.2) is 5.96 Å². The summed E-state index contributed by atoms with van der Waals surface area (Å²) in [5.41, 5.74) is 5.89. The summed E-state index contributed by atoms with van der Waals surface area (Å²) in [7, 11) is 0. The van der Waals surface area contributed by atoms with E-state index in [2.05, 4.69) is 40.5 Å². The molecule has 0 amide bonds. The maximum atomic E-state index is 6.06. The minimum absolute atomic E-state index is 0.175. The van der Waals surface area contributed by atoms with Crippen molar-refractivity contribution in [1.29, 1.82) is 0 Å². The van der Waals surface area contributed by atoms with Crippen molar-refractivity contribution in [3.63, 3.8) is 0 Å². The minimum Gasteiger partial charge on any atom is -0.370 e. The van der Waals surface area contributed by atoms with Gasteiger partial charge in [-0.2, -0.15) is 0 Å². The second-order valence-corrected chi connectivity index (χ2v) is 5.86. The first-order valence-electron chi connectivity index (χ1n) is 6.81. The highest BCUT2D eigenvalue weighted by Crippen LogP contribution is 2.33. The van der Waals surface area contributed by atoms with Gasteiger partial charge in [0, 0.05) is 24.7 Å². The van der Waals surface area contributed by atoms with E-state index in [1.807, 2.05) is 11.6 Å². The van der Waals surface area contributed by atoms with E-state index < -0.39 is 0 Å². The maximum Gasteiger partial charge on any atom is 0.192 e. The van der Waals surface area contributed by atoms with Gasteiger partial charge in [0.2, 0.25) is 0 Å². The van der Waals surface area contributed by atoms with Gasteiger partial charge in [0.1, 0.15) is 10.5 Å². The fourth-order valence-corrected chi connectivity index (χ4v) is 3.27. The van der Waals surface area contributed by atoms with E-state index in [0.717, 1.165) is 31.2 Å². The number of nitrogens with zero attached hydrogens (tertiary/aromatic N) is 4. The molecule has 0 bridgehead atoms. The summed E-state index contributed by atoms with van der Waals surface area (Å²) in [4.78, 5) is 13.5. The molecule has 6 heteroatoms. The molecule has 1 aliphatic rings. The van der Waals surface area contributed by atoms with E-state index in [0.29, 0.717) is 12.5 Å².